The number of hydrogen-bond donors (Lipinski definition) is 2. The fourth-order valence-electron chi connectivity index (χ4n) is 5.07. The Morgan fingerprint density at radius 3 is 2.42 bits per heavy atom. The quantitative estimate of drug-likeness (QED) is 0.160. The van der Waals surface area contributed by atoms with Gasteiger partial charge in [0.25, 0.3) is 5.91 Å². The van der Waals surface area contributed by atoms with Crippen molar-refractivity contribution in [2.75, 3.05) is 26.9 Å². The number of aliphatic hydroxyl groups is 1. The van der Waals surface area contributed by atoms with Crippen molar-refractivity contribution in [2.45, 2.75) is 63.7 Å². The third-order valence-corrected chi connectivity index (χ3v) is 7.73. The average Bonchev–Trinajstić information content (AvgIpc) is 3.41. The van der Waals surface area contributed by atoms with E-state index in [4.69, 9.17) is 29.0 Å². The van der Waals surface area contributed by atoms with Crippen LogP contribution in [0.3, 0.4) is 0 Å². The van der Waals surface area contributed by atoms with Crippen LogP contribution in [0.4, 0.5) is 0 Å². The van der Waals surface area contributed by atoms with Crippen LogP contribution in [0.1, 0.15) is 62.8 Å². The number of para-hydroxylation sites is 1. The molecule has 3 aromatic rings. The highest BCUT2D eigenvalue weighted by Gasteiger charge is 2.53. The summed E-state index contributed by atoms with van der Waals surface area (Å²) in [5.74, 6) is 0.890. The van der Waals surface area contributed by atoms with Crippen LogP contribution in [0.5, 0.6) is 11.5 Å². The van der Waals surface area contributed by atoms with E-state index in [0.29, 0.717) is 37.3 Å². The molecule has 1 aliphatic heterocycles. The number of aliphatic imine (C=N–C) groups is 1. The summed E-state index contributed by atoms with van der Waals surface area (Å²) in [5.41, 5.74) is 0.226. The number of nitrogens with one attached hydrogen (secondary N) is 1. The van der Waals surface area contributed by atoms with Gasteiger partial charge in [-0.05, 0) is 87.2 Å². The lowest BCUT2D eigenvalue weighted by atomic mass is 9.83. The Bertz CT molecular complexity index is 1470. The summed E-state index contributed by atoms with van der Waals surface area (Å²) in [5, 5.41) is 12.1. The Morgan fingerprint density at radius 2 is 1.76 bits per heavy atom. The standard InChI is InChI=1S/C35H41BrN2O7/c1-34(2,3)45-30(40)18-20-35(33(41)37-21-19-24-8-5-6-9-29(24)42-4)31(25-10-14-27(36)15-11-25)44-32(38-35)26-12-16-28(17-13-26)43-23-7-22-39/h5-6,8-17,31,39H,7,18-23H2,1-4H3,(H,37,41)/t31-,35-/m1/s1. The Labute approximate surface area is 273 Å². The summed E-state index contributed by atoms with van der Waals surface area (Å²) in [4.78, 5) is 32.2. The van der Waals surface area contributed by atoms with Gasteiger partial charge in [-0.25, -0.2) is 4.99 Å². The zero-order chi connectivity index (χ0) is 32.5. The first-order chi connectivity index (χ1) is 21.5. The van der Waals surface area contributed by atoms with Crippen molar-refractivity contribution < 1.29 is 33.6 Å². The van der Waals surface area contributed by atoms with Gasteiger partial charge >= 0.3 is 5.97 Å². The average molecular weight is 682 g/mol. The summed E-state index contributed by atoms with van der Waals surface area (Å²) >= 11 is 3.49. The lowest BCUT2D eigenvalue weighted by molar-refractivity contribution is -0.155. The van der Waals surface area contributed by atoms with Crippen molar-refractivity contribution in [3.8, 4) is 11.5 Å². The third kappa shape index (κ3) is 9.08. The predicted molar refractivity (Wildman–Crippen MR) is 176 cm³/mol. The predicted octanol–water partition coefficient (Wildman–Crippen LogP) is 5.96. The Morgan fingerprint density at radius 1 is 1.04 bits per heavy atom. The number of carbonyl (C=O) groups is 2. The van der Waals surface area contributed by atoms with Crippen molar-refractivity contribution in [1.82, 2.24) is 5.32 Å². The number of halogens is 1. The molecule has 1 aliphatic rings. The SMILES string of the molecule is COc1ccccc1CCNC(=O)[C@]1(CCC(=O)OC(C)(C)C)N=C(c2ccc(OCCCO)cc2)O[C@@H]1c1ccc(Br)cc1. The van der Waals surface area contributed by atoms with Crippen LogP contribution in [-0.4, -0.2) is 60.9 Å². The zero-order valence-corrected chi connectivity index (χ0v) is 27.8. The van der Waals surface area contributed by atoms with E-state index in [-0.39, 0.29) is 31.3 Å². The summed E-state index contributed by atoms with van der Waals surface area (Å²) < 4.78 is 24.1. The van der Waals surface area contributed by atoms with Gasteiger partial charge < -0.3 is 29.4 Å². The van der Waals surface area contributed by atoms with Crippen LogP contribution in [0, 0.1) is 0 Å². The van der Waals surface area contributed by atoms with Gasteiger partial charge in [0, 0.05) is 36.0 Å². The van der Waals surface area contributed by atoms with E-state index in [1.165, 1.54) is 0 Å². The largest absolute Gasteiger partial charge is 0.496 e. The van der Waals surface area contributed by atoms with Crippen molar-refractivity contribution >= 4 is 33.7 Å². The van der Waals surface area contributed by atoms with Crippen LogP contribution in [0.25, 0.3) is 0 Å². The smallest absolute Gasteiger partial charge is 0.306 e. The summed E-state index contributed by atoms with van der Waals surface area (Å²) in [6.07, 6.45) is 0.279. The molecule has 240 valence electrons. The number of esters is 1. The molecule has 0 spiro atoms. The van der Waals surface area contributed by atoms with Gasteiger partial charge in [0.05, 0.1) is 13.7 Å². The molecule has 0 radical (unpaired) electrons. The molecule has 0 unspecified atom stereocenters. The molecule has 3 aromatic carbocycles. The van der Waals surface area contributed by atoms with Crippen molar-refractivity contribution in [3.05, 3.63) is 94.0 Å². The molecule has 0 saturated heterocycles. The van der Waals surface area contributed by atoms with E-state index in [9.17, 15) is 9.59 Å². The number of aliphatic hydroxyl groups excluding tert-OH is 1. The van der Waals surface area contributed by atoms with Crippen LogP contribution in [0.2, 0.25) is 0 Å². The summed E-state index contributed by atoms with van der Waals surface area (Å²) in [6.45, 7) is 6.19. The molecular formula is C35H41BrN2O7. The number of methoxy groups -OCH3 is 1. The lowest BCUT2D eigenvalue weighted by Gasteiger charge is -2.31. The lowest BCUT2D eigenvalue weighted by Crippen LogP contribution is -2.49. The molecule has 9 nitrogen and oxygen atoms in total. The van der Waals surface area contributed by atoms with Crippen molar-refractivity contribution in [3.63, 3.8) is 0 Å². The van der Waals surface area contributed by atoms with E-state index >= 15 is 0 Å². The minimum Gasteiger partial charge on any atom is -0.496 e. The number of ether oxygens (including phenoxy) is 4. The fraction of sp³-hybridized carbons (Fsp3) is 0.400. The number of amides is 1. The summed E-state index contributed by atoms with van der Waals surface area (Å²) in [7, 11) is 1.62. The van der Waals surface area contributed by atoms with Gasteiger partial charge in [0.1, 0.15) is 17.1 Å². The van der Waals surface area contributed by atoms with Gasteiger partial charge in [-0.2, -0.15) is 0 Å². The third-order valence-electron chi connectivity index (χ3n) is 7.21. The zero-order valence-electron chi connectivity index (χ0n) is 26.2. The topological polar surface area (TPSA) is 116 Å². The molecule has 0 saturated carbocycles. The minimum absolute atomic E-state index is 0.0397. The number of benzene rings is 3. The highest BCUT2D eigenvalue weighted by molar-refractivity contribution is 9.10. The Kier molecular flexibility index (Phi) is 11.6. The first-order valence-electron chi connectivity index (χ1n) is 15.0. The second-order valence-corrected chi connectivity index (χ2v) is 12.7. The molecule has 0 fully saturated rings. The van der Waals surface area contributed by atoms with E-state index < -0.39 is 23.2 Å². The van der Waals surface area contributed by atoms with E-state index in [1.54, 1.807) is 19.2 Å². The molecule has 0 aromatic heterocycles. The molecular weight excluding hydrogens is 640 g/mol. The monoisotopic (exact) mass is 680 g/mol. The first-order valence-corrected chi connectivity index (χ1v) is 15.8. The second-order valence-electron chi connectivity index (χ2n) is 11.7. The molecule has 2 atom stereocenters. The molecule has 0 bridgehead atoms. The maximum atomic E-state index is 14.3. The van der Waals surface area contributed by atoms with Crippen LogP contribution < -0.4 is 14.8 Å². The number of hydrogen-bond acceptors (Lipinski definition) is 8. The maximum absolute atomic E-state index is 14.3. The molecule has 45 heavy (non-hydrogen) atoms. The number of nitrogens with zero attached hydrogens (tertiary/aromatic N) is 1. The second kappa shape index (κ2) is 15.4. The molecule has 2 N–H and O–H groups in total. The first kappa shape index (κ1) is 34.0. The molecule has 1 amide bonds. The van der Waals surface area contributed by atoms with E-state index in [1.807, 2.05) is 81.4 Å². The molecule has 1 heterocycles. The van der Waals surface area contributed by atoms with Crippen molar-refractivity contribution in [1.29, 1.82) is 0 Å². The highest BCUT2D eigenvalue weighted by Crippen LogP contribution is 2.43. The minimum atomic E-state index is -1.46. The van der Waals surface area contributed by atoms with E-state index in [2.05, 4.69) is 21.2 Å². The van der Waals surface area contributed by atoms with Crippen LogP contribution in [-0.2, 0) is 25.5 Å². The van der Waals surface area contributed by atoms with Gasteiger partial charge in [-0.1, -0.05) is 46.3 Å². The Balaban J connectivity index is 1.68. The van der Waals surface area contributed by atoms with Crippen LogP contribution in [0.15, 0.2) is 82.3 Å². The van der Waals surface area contributed by atoms with Gasteiger partial charge in [-0.3, -0.25) is 9.59 Å². The number of rotatable bonds is 14. The fourth-order valence-corrected chi connectivity index (χ4v) is 5.33. The van der Waals surface area contributed by atoms with Crippen LogP contribution >= 0.6 is 15.9 Å². The Hall–Kier alpha value is -3.89. The van der Waals surface area contributed by atoms with E-state index in [0.717, 1.165) is 21.3 Å². The van der Waals surface area contributed by atoms with Gasteiger partial charge in [-0.15, -0.1) is 0 Å². The molecule has 4 rings (SSSR count). The molecule has 10 heteroatoms. The number of carbonyl (C=O) groups excluding carboxylic acids is 2. The van der Waals surface area contributed by atoms with Gasteiger partial charge in [0.2, 0.25) is 5.90 Å². The summed E-state index contributed by atoms with van der Waals surface area (Å²) in [6, 6.07) is 22.4. The highest BCUT2D eigenvalue weighted by atomic mass is 79.9. The normalized spacial score (nSPS) is 17.6. The maximum Gasteiger partial charge on any atom is 0.306 e. The molecule has 0 aliphatic carbocycles. The van der Waals surface area contributed by atoms with Gasteiger partial charge in [0.15, 0.2) is 11.6 Å². The van der Waals surface area contributed by atoms with Crippen molar-refractivity contribution in [2.24, 2.45) is 4.99 Å².